The number of amides is 1. The number of fused-ring (bicyclic) bond motifs is 1. The van der Waals surface area contributed by atoms with E-state index in [1.54, 1.807) is 10.7 Å². The molecule has 2 aromatic heterocycles. The molecule has 0 aliphatic carbocycles. The van der Waals surface area contributed by atoms with E-state index < -0.39 is 0 Å². The lowest BCUT2D eigenvalue weighted by Gasteiger charge is -2.32. The Labute approximate surface area is 124 Å². The zero-order chi connectivity index (χ0) is 14.7. The lowest BCUT2D eigenvalue weighted by molar-refractivity contribution is 0.0686. The largest absolute Gasteiger partial charge is 0.339 e. The molecule has 0 aromatic carbocycles. The summed E-state index contributed by atoms with van der Waals surface area (Å²) < 4.78 is 1.78. The van der Waals surface area contributed by atoms with Crippen molar-refractivity contribution in [1.82, 2.24) is 24.8 Å². The second kappa shape index (κ2) is 6.22. The molecule has 1 aliphatic rings. The summed E-state index contributed by atoms with van der Waals surface area (Å²) in [6, 6.07) is 3.67. The van der Waals surface area contributed by atoms with Crippen LogP contribution in [0.3, 0.4) is 0 Å². The molecule has 1 aliphatic heterocycles. The molecule has 0 atom stereocenters. The van der Waals surface area contributed by atoms with Gasteiger partial charge in [-0.15, -0.1) is 10.2 Å². The van der Waals surface area contributed by atoms with Crippen LogP contribution in [0.5, 0.6) is 0 Å². The quantitative estimate of drug-likeness (QED) is 0.917. The number of hydrogen-bond donors (Lipinski definition) is 1. The van der Waals surface area contributed by atoms with E-state index in [-0.39, 0.29) is 5.91 Å². The first-order valence-electron chi connectivity index (χ1n) is 7.51. The summed E-state index contributed by atoms with van der Waals surface area (Å²) in [5, 5.41) is 11.0. The summed E-state index contributed by atoms with van der Waals surface area (Å²) in [5.41, 5.74) is 1.47. The summed E-state index contributed by atoms with van der Waals surface area (Å²) in [6.07, 6.45) is 6.83. The Morgan fingerprint density at radius 1 is 1.38 bits per heavy atom. The van der Waals surface area contributed by atoms with Crippen molar-refractivity contribution in [3.05, 3.63) is 30.2 Å². The smallest absolute Gasteiger partial charge is 0.255 e. The molecule has 3 heterocycles. The number of nitrogens with one attached hydrogen (secondary N) is 1. The van der Waals surface area contributed by atoms with Gasteiger partial charge in [0.15, 0.2) is 5.65 Å². The van der Waals surface area contributed by atoms with Crippen molar-refractivity contribution >= 4 is 11.6 Å². The van der Waals surface area contributed by atoms with Crippen LogP contribution >= 0.6 is 0 Å². The maximum atomic E-state index is 12.5. The first kappa shape index (κ1) is 14.0. The molecule has 0 unspecified atom stereocenters. The topological polar surface area (TPSA) is 62.5 Å². The second-order valence-corrected chi connectivity index (χ2v) is 5.64. The standard InChI is InChI=1S/C15H21N5O/c1-16-7-4-12-5-8-19(9-6-12)15(21)13-2-3-14-18-17-11-20(14)10-13/h2-3,10-12,16H,4-9H2,1H3. The van der Waals surface area contributed by atoms with Gasteiger partial charge in [0.1, 0.15) is 6.33 Å². The Kier molecular flexibility index (Phi) is 4.15. The fourth-order valence-electron chi connectivity index (χ4n) is 2.91. The SMILES string of the molecule is CNCCC1CCN(C(=O)c2ccc3nncn3c2)CC1. The van der Waals surface area contributed by atoms with Crippen molar-refractivity contribution in [1.29, 1.82) is 0 Å². The van der Waals surface area contributed by atoms with Gasteiger partial charge < -0.3 is 10.2 Å². The number of piperidine rings is 1. The average molecular weight is 287 g/mol. The van der Waals surface area contributed by atoms with Gasteiger partial charge in [-0.3, -0.25) is 9.20 Å². The molecular weight excluding hydrogens is 266 g/mol. The van der Waals surface area contributed by atoms with Crippen LogP contribution in [0.4, 0.5) is 0 Å². The molecule has 0 radical (unpaired) electrons. The van der Waals surface area contributed by atoms with Crippen molar-refractivity contribution in [2.45, 2.75) is 19.3 Å². The number of rotatable bonds is 4. The van der Waals surface area contributed by atoms with E-state index in [0.717, 1.165) is 44.0 Å². The number of carbonyl (C=O) groups excluding carboxylic acids is 1. The number of pyridine rings is 1. The lowest BCUT2D eigenvalue weighted by Crippen LogP contribution is -2.39. The first-order valence-corrected chi connectivity index (χ1v) is 7.51. The Morgan fingerprint density at radius 3 is 2.95 bits per heavy atom. The molecule has 6 nitrogen and oxygen atoms in total. The minimum Gasteiger partial charge on any atom is -0.339 e. The van der Waals surface area contributed by atoms with Crippen LogP contribution < -0.4 is 5.32 Å². The highest BCUT2D eigenvalue weighted by molar-refractivity contribution is 5.94. The molecule has 1 N–H and O–H groups in total. The van der Waals surface area contributed by atoms with Crippen LogP contribution in [-0.4, -0.2) is 52.1 Å². The molecule has 3 rings (SSSR count). The third-order valence-corrected chi connectivity index (χ3v) is 4.24. The van der Waals surface area contributed by atoms with Gasteiger partial charge >= 0.3 is 0 Å². The van der Waals surface area contributed by atoms with Gasteiger partial charge in [-0.25, -0.2) is 0 Å². The fourth-order valence-corrected chi connectivity index (χ4v) is 2.91. The molecule has 1 fully saturated rings. The highest BCUT2D eigenvalue weighted by Gasteiger charge is 2.23. The number of nitrogens with zero attached hydrogens (tertiary/aromatic N) is 4. The number of likely N-dealkylation sites (tertiary alicyclic amines) is 1. The maximum absolute atomic E-state index is 12.5. The monoisotopic (exact) mass is 287 g/mol. The van der Waals surface area contributed by atoms with Gasteiger partial charge in [-0.1, -0.05) is 0 Å². The van der Waals surface area contributed by atoms with Gasteiger partial charge in [-0.2, -0.15) is 0 Å². The molecule has 6 heteroatoms. The van der Waals surface area contributed by atoms with E-state index in [9.17, 15) is 4.79 Å². The van der Waals surface area contributed by atoms with E-state index in [2.05, 4.69) is 15.5 Å². The lowest BCUT2D eigenvalue weighted by atomic mass is 9.93. The van der Waals surface area contributed by atoms with E-state index in [1.807, 2.05) is 30.3 Å². The molecule has 1 saturated heterocycles. The Balaban J connectivity index is 1.63. The van der Waals surface area contributed by atoms with Crippen molar-refractivity contribution in [2.75, 3.05) is 26.7 Å². The third-order valence-electron chi connectivity index (χ3n) is 4.24. The third kappa shape index (κ3) is 3.05. The molecule has 0 saturated carbocycles. The average Bonchev–Trinajstić information content (AvgIpc) is 3.00. The van der Waals surface area contributed by atoms with Gasteiger partial charge in [0.2, 0.25) is 0 Å². The minimum absolute atomic E-state index is 0.109. The Hall–Kier alpha value is -1.95. The predicted octanol–water partition coefficient (Wildman–Crippen LogP) is 1.19. The molecule has 0 spiro atoms. The highest BCUT2D eigenvalue weighted by Crippen LogP contribution is 2.21. The summed E-state index contributed by atoms with van der Waals surface area (Å²) in [5.74, 6) is 0.847. The van der Waals surface area contributed by atoms with Crippen molar-refractivity contribution < 1.29 is 4.79 Å². The summed E-state index contributed by atoms with van der Waals surface area (Å²) in [7, 11) is 1.99. The van der Waals surface area contributed by atoms with Gasteiger partial charge in [0.25, 0.3) is 5.91 Å². The normalized spacial score (nSPS) is 16.5. The number of hydrogen-bond acceptors (Lipinski definition) is 4. The Morgan fingerprint density at radius 2 is 2.19 bits per heavy atom. The summed E-state index contributed by atoms with van der Waals surface area (Å²) >= 11 is 0. The van der Waals surface area contributed by atoms with E-state index >= 15 is 0 Å². The van der Waals surface area contributed by atoms with Crippen LogP contribution in [0.15, 0.2) is 24.7 Å². The molecule has 1 amide bonds. The van der Waals surface area contributed by atoms with Crippen molar-refractivity contribution in [3.63, 3.8) is 0 Å². The molecule has 0 bridgehead atoms. The fraction of sp³-hybridized carbons (Fsp3) is 0.533. The minimum atomic E-state index is 0.109. The van der Waals surface area contributed by atoms with Crippen LogP contribution in [-0.2, 0) is 0 Å². The van der Waals surface area contributed by atoms with Crippen molar-refractivity contribution in [3.8, 4) is 0 Å². The van der Waals surface area contributed by atoms with Gasteiger partial charge in [0.05, 0.1) is 5.56 Å². The second-order valence-electron chi connectivity index (χ2n) is 5.64. The molecular formula is C15H21N5O. The van der Waals surface area contributed by atoms with E-state index in [1.165, 1.54) is 6.42 Å². The van der Waals surface area contributed by atoms with Crippen LogP contribution in [0.2, 0.25) is 0 Å². The number of carbonyl (C=O) groups is 1. The number of aromatic nitrogens is 3. The molecule has 2 aromatic rings. The van der Waals surface area contributed by atoms with E-state index in [0.29, 0.717) is 5.56 Å². The van der Waals surface area contributed by atoms with Gasteiger partial charge in [0, 0.05) is 19.3 Å². The molecule has 112 valence electrons. The maximum Gasteiger partial charge on any atom is 0.255 e. The van der Waals surface area contributed by atoms with Gasteiger partial charge in [-0.05, 0) is 50.9 Å². The van der Waals surface area contributed by atoms with E-state index in [4.69, 9.17) is 0 Å². The van der Waals surface area contributed by atoms with Crippen LogP contribution in [0.1, 0.15) is 29.6 Å². The molecule has 21 heavy (non-hydrogen) atoms. The predicted molar refractivity (Wildman–Crippen MR) is 80.2 cm³/mol. The Bertz CT molecular complexity index is 615. The van der Waals surface area contributed by atoms with Crippen molar-refractivity contribution in [2.24, 2.45) is 5.92 Å². The first-order chi connectivity index (χ1) is 10.3. The zero-order valence-corrected chi connectivity index (χ0v) is 12.3. The van der Waals surface area contributed by atoms with Crippen LogP contribution in [0.25, 0.3) is 5.65 Å². The zero-order valence-electron chi connectivity index (χ0n) is 12.3. The summed E-state index contributed by atoms with van der Waals surface area (Å²) in [6.45, 7) is 2.77. The van der Waals surface area contributed by atoms with Crippen LogP contribution in [0, 0.1) is 5.92 Å². The summed E-state index contributed by atoms with van der Waals surface area (Å²) in [4.78, 5) is 14.5. The highest BCUT2D eigenvalue weighted by atomic mass is 16.2.